The van der Waals surface area contributed by atoms with E-state index in [-0.39, 0.29) is 0 Å². The minimum Gasteiger partial charge on any atom is -0.337 e. The second kappa shape index (κ2) is 4.49. The third-order valence-corrected chi connectivity index (χ3v) is 3.45. The first kappa shape index (κ1) is 10.9. The first-order valence-electron chi connectivity index (χ1n) is 5.86. The Hall–Kier alpha value is -0.610. The summed E-state index contributed by atoms with van der Waals surface area (Å²) in [6, 6.07) is 1.11. The van der Waals surface area contributed by atoms with Crippen molar-refractivity contribution < 1.29 is 4.79 Å². The van der Waals surface area contributed by atoms with Crippen LogP contribution in [0.5, 0.6) is 0 Å². The average Bonchev–Trinajstić information content (AvgIpc) is 3.00. The molecule has 1 N–H and O–H groups in total. The third kappa shape index (κ3) is 2.49. The van der Waals surface area contributed by atoms with Crippen molar-refractivity contribution in [3.8, 4) is 0 Å². The van der Waals surface area contributed by atoms with Gasteiger partial charge in [-0.15, -0.1) is 0 Å². The second-order valence-corrected chi connectivity index (χ2v) is 4.74. The summed E-state index contributed by atoms with van der Waals surface area (Å²) in [4.78, 5) is 16.1. The van der Waals surface area contributed by atoms with Gasteiger partial charge in [0, 0.05) is 18.6 Å². The molecule has 0 aromatic carbocycles. The van der Waals surface area contributed by atoms with Gasteiger partial charge in [0.25, 0.3) is 0 Å². The van der Waals surface area contributed by atoms with Gasteiger partial charge in [0.05, 0.1) is 6.54 Å². The van der Waals surface area contributed by atoms with Gasteiger partial charge in [0.1, 0.15) is 0 Å². The van der Waals surface area contributed by atoms with Crippen LogP contribution in [-0.2, 0) is 4.79 Å². The van der Waals surface area contributed by atoms with Crippen molar-refractivity contribution in [3.05, 3.63) is 0 Å². The van der Waals surface area contributed by atoms with Gasteiger partial charge >= 0.3 is 0 Å². The summed E-state index contributed by atoms with van der Waals surface area (Å²) in [6.07, 6.45) is 3.56. The van der Waals surface area contributed by atoms with Crippen LogP contribution in [0.25, 0.3) is 0 Å². The van der Waals surface area contributed by atoms with Gasteiger partial charge in [-0.1, -0.05) is 0 Å². The molecule has 1 heterocycles. The van der Waals surface area contributed by atoms with Crippen LogP contribution >= 0.6 is 0 Å². The van der Waals surface area contributed by atoms with Crippen molar-refractivity contribution >= 4 is 5.91 Å². The molecule has 0 spiro atoms. The number of carbonyl (C=O) groups excluding carboxylic acids is 1. The van der Waals surface area contributed by atoms with Crippen LogP contribution in [0, 0.1) is 0 Å². The number of carbonyl (C=O) groups is 1. The fraction of sp³-hybridized carbons (Fsp3) is 0.909. The van der Waals surface area contributed by atoms with E-state index in [1.807, 2.05) is 7.05 Å². The molecule has 2 aliphatic rings. The Labute approximate surface area is 91.6 Å². The van der Waals surface area contributed by atoms with Gasteiger partial charge in [0.2, 0.25) is 5.91 Å². The van der Waals surface area contributed by atoms with E-state index in [0.29, 0.717) is 24.5 Å². The van der Waals surface area contributed by atoms with Crippen LogP contribution in [0.1, 0.15) is 19.3 Å². The van der Waals surface area contributed by atoms with Crippen molar-refractivity contribution in [3.63, 3.8) is 0 Å². The van der Waals surface area contributed by atoms with E-state index in [9.17, 15) is 4.79 Å². The molecule has 1 atom stereocenters. The Morgan fingerprint density at radius 2 is 2.20 bits per heavy atom. The maximum absolute atomic E-state index is 11.8. The number of amides is 1. The predicted octanol–water partition coefficient (Wildman–Crippen LogP) is -0.0991. The SMILES string of the molecule is CNCCC1CN(C2CC2)C(=O)CN1C. The topological polar surface area (TPSA) is 35.6 Å². The molecule has 2 rings (SSSR count). The van der Waals surface area contributed by atoms with Gasteiger partial charge in [-0.05, 0) is 39.9 Å². The molecule has 0 aromatic rings. The van der Waals surface area contributed by atoms with Crippen LogP contribution < -0.4 is 5.32 Å². The zero-order chi connectivity index (χ0) is 10.8. The first-order chi connectivity index (χ1) is 7.22. The van der Waals surface area contributed by atoms with E-state index < -0.39 is 0 Å². The highest BCUT2D eigenvalue weighted by Gasteiger charge is 2.38. The van der Waals surface area contributed by atoms with Crippen molar-refractivity contribution in [2.75, 3.05) is 33.7 Å². The molecule has 1 saturated carbocycles. The Balaban J connectivity index is 1.90. The molecular formula is C11H21N3O. The summed E-state index contributed by atoms with van der Waals surface area (Å²) in [5, 5.41) is 3.18. The van der Waals surface area contributed by atoms with Crippen molar-refractivity contribution in [1.29, 1.82) is 0 Å². The molecule has 15 heavy (non-hydrogen) atoms. The standard InChI is InChI=1S/C11H21N3O/c1-12-6-5-10-7-14(9-3-4-9)11(15)8-13(10)2/h9-10,12H,3-8H2,1-2H3. The van der Waals surface area contributed by atoms with E-state index >= 15 is 0 Å². The monoisotopic (exact) mass is 211 g/mol. The maximum Gasteiger partial charge on any atom is 0.237 e. The van der Waals surface area contributed by atoms with Gasteiger partial charge in [-0.25, -0.2) is 0 Å². The Morgan fingerprint density at radius 1 is 1.47 bits per heavy atom. The number of nitrogens with one attached hydrogen (secondary N) is 1. The highest BCUT2D eigenvalue weighted by molar-refractivity contribution is 5.79. The number of likely N-dealkylation sites (N-methyl/N-ethyl adjacent to an activating group) is 1. The largest absolute Gasteiger partial charge is 0.337 e. The molecule has 1 amide bonds. The lowest BCUT2D eigenvalue weighted by molar-refractivity contribution is -0.138. The summed E-state index contributed by atoms with van der Waals surface area (Å²) in [7, 11) is 4.04. The molecule has 86 valence electrons. The summed E-state index contributed by atoms with van der Waals surface area (Å²) < 4.78 is 0. The number of hydrogen-bond donors (Lipinski definition) is 1. The predicted molar refractivity (Wildman–Crippen MR) is 59.7 cm³/mol. The van der Waals surface area contributed by atoms with Gasteiger partial charge < -0.3 is 10.2 Å². The number of nitrogens with zero attached hydrogens (tertiary/aromatic N) is 2. The van der Waals surface area contributed by atoms with Gasteiger partial charge in [-0.3, -0.25) is 9.69 Å². The molecule has 1 aliphatic heterocycles. The smallest absolute Gasteiger partial charge is 0.237 e. The summed E-state index contributed by atoms with van der Waals surface area (Å²) in [5.74, 6) is 0.320. The molecule has 0 radical (unpaired) electrons. The molecule has 1 saturated heterocycles. The number of piperazine rings is 1. The van der Waals surface area contributed by atoms with E-state index in [2.05, 4.69) is 22.2 Å². The maximum atomic E-state index is 11.8. The molecule has 4 nitrogen and oxygen atoms in total. The van der Waals surface area contributed by atoms with Crippen molar-refractivity contribution in [2.45, 2.75) is 31.3 Å². The summed E-state index contributed by atoms with van der Waals surface area (Å²) >= 11 is 0. The fourth-order valence-corrected chi connectivity index (χ4v) is 2.26. The van der Waals surface area contributed by atoms with E-state index in [1.54, 1.807) is 0 Å². The number of rotatable bonds is 4. The van der Waals surface area contributed by atoms with Crippen LogP contribution in [0.4, 0.5) is 0 Å². The first-order valence-corrected chi connectivity index (χ1v) is 5.86. The Bertz CT molecular complexity index is 240. The molecule has 0 bridgehead atoms. The van der Waals surface area contributed by atoms with Gasteiger partial charge in [0.15, 0.2) is 0 Å². The Kier molecular flexibility index (Phi) is 3.26. The minimum absolute atomic E-state index is 0.320. The molecular weight excluding hydrogens is 190 g/mol. The van der Waals surface area contributed by atoms with E-state index in [0.717, 1.165) is 19.5 Å². The number of hydrogen-bond acceptors (Lipinski definition) is 3. The van der Waals surface area contributed by atoms with Crippen LogP contribution in [-0.4, -0.2) is 61.5 Å². The third-order valence-electron chi connectivity index (χ3n) is 3.45. The van der Waals surface area contributed by atoms with Crippen LogP contribution in [0.3, 0.4) is 0 Å². The van der Waals surface area contributed by atoms with Gasteiger partial charge in [-0.2, -0.15) is 0 Å². The average molecular weight is 211 g/mol. The normalized spacial score (nSPS) is 28.5. The minimum atomic E-state index is 0.320. The zero-order valence-corrected chi connectivity index (χ0v) is 9.70. The van der Waals surface area contributed by atoms with Crippen LogP contribution in [0.15, 0.2) is 0 Å². The zero-order valence-electron chi connectivity index (χ0n) is 9.70. The summed E-state index contributed by atoms with van der Waals surface area (Å²) in [5.41, 5.74) is 0. The fourth-order valence-electron chi connectivity index (χ4n) is 2.26. The summed E-state index contributed by atoms with van der Waals surface area (Å²) in [6.45, 7) is 2.56. The Morgan fingerprint density at radius 3 is 2.80 bits per heavy atom. The van der Waals surface area contributed by atoms with Crippen LogP contribution in [0.2, 0.25) is 0 Å². The molecule has 1 unspecified atom stereocenters. The van der Waals surface area contributed by atoms with Crippen molar-refractivity contribution in [1.82, 2.24) is 15.1 Å². The van der Waals surface area contributed by atoms with Crippen molar-refractivity contribution in [2.24, 2.45) is 0 Å². The molecule has 0 aromatic heterocycles. The second-order valence-electron chi connectivity index (χ2n) is 4.74. The highest BCUT2D eigenvalue weighted by atomic mass is 16.2. The molecule has 4 heteroatoms. The quantitative estimate of drug-likeness (QED) is 0.705. The lowest BCUT2D eigenvalue weighted by Gasteiger charge is -2.39. The molecule has 2 fully saturated rings. The lowest BCUT2D eigenvalue weighted by atomic mass is 10.1. The van der Waals surface area contributed by atoms with E-state index in [4.69, 9.17) is 0 Å². The van der Waals surface area contributed by atoms with E-state index in [1.165, 1.54) is 12.8 Å². The highest BCUT2D eigenvalue weighted by Crippen LogP contribution is 2.29. The molecule has 1 aliphatic carbocycles. The lowest BCUT2D eigenvalue weighted by Crippen LogP contribution is -2.55.